The summed E-state index contributed by atoms with van der Waals surface area (Å²) in [6.07, 6.45) is 5.88. The first-order valence-electron chi connectivity index (χ1n) is 7.80. The third kappa shape index (κ3) is 3.02. The molecule has 22 heavy (non-hydrogen) atoms. The number of rotatable bonds is 4. The summed E-state index contributed by atoms with van der Waals surface area (Å²) in [6.45, 7) is 2.66. The van der Waals surface area contributed by atoms with Crippen LogP contribution in [-0.4, -0.2) is 41.3 Å². The van der Waals surface area contributed by atoms with Gasteiger partial charge in [-0.1, -0.05) is 0 Å². The number of ether oxygens (including phenoxy) is 2. The number of thiophene rings is 1. The Morgan fingerprint density at radius 1 is 1.27 bits per heavy atom. The number of hydrogen-bond donors (Lipinski definition) is 0. The normalized spacial score (nSPS) is 28.5. The van der Waals surface area contributed by atoms with Crippen molar-refractivity contribution < 1.29 is 9.47 Å². The van der Waals surface area contributed by atoms with Crippen molar-refractivity contribution in [1.82, 2.24) is 9.88 Å². The molecule has 2 aromatic rings. The lowest BCUT2D eigenvalue weighted by atomic mass is 9.91. The van der Waals surface area contributed by atoms with Crippen LogP contribution in [0.2, 0.25) is 0 Å². The van der Waals surface area contributed by atoms with E-state index in [0.29, 0.717) is 12.1 Å². The lowest BCUT2D eigenvalue weighted by molar-refractivity contribution is -0.104. The van der Waals surface area contributed by atoms with E-state index in [1.807, 2.05) is 12.1 Å². The highest BCUT2D eigenvalue weighted by molar-refractivity contribution is 7.07. The molecule has 0 aromatic carbocycles. The summed E-state index contributed by atoms with van der Waals surface area (Å²) in [7, 11) is 0. The van der Waals surface area contributed by atoms with Gasteiger partial charge in [0.1, 0.15) is 11.9 Å². The fourth-order valence-corrected chi connectivity index (χ4v) is 4.16. The van der Waals surface area contributed by atoms with Gasteiger partial charge in [-0.3, -0.25) is 9.88 Å². The molecule has 0 aliphatic carbocycles. The molecule has 0 N–H and O–H groups in total. The maximum atomic E-state index is 6.13. The molecule has 0 spiro atoms. The maximum Gasteiger partial charge on any atom is 0.137 e. The summed E-state index contributed by atoms with van der Waals surface area (Å²) in [5.41, 5.74) is 1.41. The van der Waals surface area contributed by atoms with Crippen LogP contribution in [0, 0.1) is 0 Å². The van der Waals surface area contributed by atoms with Gasteiger partial charge in [0.15, 0.2) is 0 Å². The average Bonchev–Trinajstić information content (AvgIpc) is 3.02. The van der Waals surface area contributed by atoms with Crippen LogP contribution >= 0.6 is 11.3 Å². The topological polar surface area (TPSA) is 34.6 Å². The van der Waals surface area contributed by atoms with Crippen molar-refractivity contribution in [3.8, 4) is 5.75 Å². The van der Waals surface area contributed by atoms with Crippen molar-refractivity contribution in [3.63, 3.8) is 0 Å². The molecule has 2 aromatic heterocycles. The van der Waals surface area contributed by atoms with Gasteiger partial charge in [0.2, 0.25) is 0 Å². The van der Waals surface area contributed by atoms with E-state index < -0.39 is 0 Å². The molecule has 2 aliphatic rings. The number of fused-ring (bicyclic) bond motifs is 2. The summed E-state index contributed by atoms with van der Waals surface area (Å²) in [4.78, 5) is 6.73. The second-order valence-corrected chi connectivity index (χ2v) is 6.83. The quantitative estimate of drug-likeness (QED) is 0.868. The fraction of sp³-hybridized carbons (Fsp3) is 0.471. The Bertz CT molecular complexity index is 576. The molecule has 2 atom stereocenters. The number of aromatic nitrogens is 1. The highest BCUT2D eigenvalue weighted by Crippen LogP contribution is 2.31. The van der Waals surface area contributed by atoms with Crippen LogP contribution in [0.4, 0.5) is 0 Å². The molecule has 0 saturated carbocycles. The van der Waals surface area contributed by atoms with Gasteiger partial charge in [0.05, 0.1) is 19.4 Å². The Hall–Kier alpha value is -1.43. The third-order valence-corrected chi connectivity index (χ3v) is 5.24. The molecule has 2 saturated heterocycles. The van der Waals surface area contributed by atoms with Gasteiger partial charge < -0.3 is 9.47 Å². The van der Waals surface area contributed by atoms with E-state index in [0.717, 1.165) is 38.3 Å². The summed E-state index contributed by atoms with van der Waals surface area (Å²) in [6, 6.07) is 7.03. The van der Waals surface area contributed by atoms with Gasteiger partial charge in [0, 0.05) is 37.7 Å². The smallest absolute Gasteiger partial charge is 0.137 e. The zero-order chi connectivity index (χ0) is 14.8. The molecule has 2 aliphatic heterocycles. The van der Waals surface area contributed by atoms with Crippen LogP contribution in [0.25, 0.3) is 0 Å². The van der Waals surface area contributed by atoms with Crippen LogP contribution in [0.15, 0.2) is 41.4 Å². The monoisotopic (exact) mass is 316 g/mol. The number of nitrogens with zero attached hydrogens (tertiary/aromatic N) is 2. The molecule has 0 radical (unpaired) electrons. The first-order chi connectivity index (χ1) is 10.9. The molecule has 4 rings (SSSR count). The van der Waals surface area contributed by atoms with Crippen molar-refractivity contribution in [2.24, 2.45) is 0 Å². The van der Waals surface area contributed by atoms with Crippen LogP contribution in [0.1, 0.15) is 18.4 Å². The van der Waals surface area contributed by atoms with Gasteiger partial charge in [-0.15, -0.1) is 0 Å². The van der Waals surface area contributed by atoms with Gasteiger partial charge in [-0.2, -0.15) is 11.3 Å². The molecular formula is C17H20N2O2S. The average molecular weight is 316 g/mol. The van der Waals surface area contributed by atoms with Crippen molar-refractivity contribution in [2.75, 3.05) is 13.2 Å². The minimum Gasteiger partial charge on any atom is -0.489 e. The standard InChI is InChI=1S/C17H20N2O2S/c1-2-16(8-18-4-1)21-17-6-14-10-20-11-15(7-17)19(14)9-13-3-5-22-12-13/h1-5,8,12,14-15,17H,6-7,9-11H2. The van der Waals surface area contributed by atoms with Gasteiger partial charge in [-0.05, 0) is 34.5 Å². The second-order valence-electron chi connectivity index (χ2n) is 6.05. The molecule has 116 valence electrons. The van der Waals surface area contributed by atoms with Crippen LogP contribution < -0.4 is 4.74 Å². The van der Waals surface area contributed by atoms with Crippen LogP contribution in [0.3, 0.4) is 0 Å². The molecule has 2 fully saturated rings. The Balaban J connectivity index is 1.44. The predicted octanol–water partition coefficient (Wildman–Crippen LogP) is 2.95. The molecule has 2 bridgehead atoms. The summed E-state index contributed by atoms with van der Waals surface area (Å²) in [5, 5.41) is 4.40. The Morgan fingerprint density at radius 2 is 2.14 bits per heavy atom. The maximum absolute atomic E-state index is 6.13. The number of pyridine rings is 1. The molecule has 4 heterocycles. The predicted molar refractivity (Wildman–Crippen MR) is 86.1 cm³/mol. The Kier molecular flexibility index (Phi) is 4.10. The summed E-state index contributed by atoms with van der Waals surface area (Å²) >= 11 is 1.77. The highest BCUT2D eigenvalue weighted by Gasteiger charge is 2.39. The molecule has 0 amide bonds. The summed E-state index contributed by atoms with van der Waals surface area (Å²) in [5.74, 6) is 0.873. The van der Waals surface area contributed by atoms with Gasteiger partial charge in [0.25, 0.3) is 0 Å². The van der Waals surface area contributed by atoms with Crippen molar-refractivity contribution in [1.29, 1.82) is 0 Å². The van der Waals surface area contributed by atoms with Crippen molar-refractivity contribution in [3.05, 3.63) is 46.9 Å². The number of morpholine rings is 1. The van der Waals surface area contributed by atoms with E-state index >= 15 is 0 Å². The van der Waals surface area contributed by atoms with E-state index in [9.17, 15) is 0 Å². The van der Waals surface area contributed by atoms with Crippen molar-refractivity contribution in [2.45, 2.75) is 37.6 Å². The van der Waals surface area contributed by atoms with E-state index in [2.05, 4.69) is 26.7 Å². The Morgan fingerprint density at radius 3 is 2.82 bits per heavy atom. The van der Waals surface area contributed by atoms with Crippen LogP contribution in [0.5, 0.6) is 5.75 Å². The zero-order valence-electron chi connectivity index (χ0n) is 12.4. The lowest BCUT2D eigenvalue weighted by Crippen LogP contribution is -2.58. The van der Waals surface area contributed by atoms with E-state index in [1.165, 1.54) is 5.56 Å². The molecule has 4 nitrogen and oxygen atoms in total. The van der Waals surface area contributed by atoms with Gasteiger partial charge in [-0.25, -0.2) is 0 Å². The molecular weight excluding hydrogens is 296 g/mol. The molecule has 2 unspecified atom stereocenters. The minimum absolute atomic E-state index is 0.266. The zero-order valence-corrected chi connectivity index (χ0v) is 13.2. The first kappa shape index (κ1) is 14.2. The van der Waals surface area contributed by atoms with Crippen LogP contribution in [-0.2, 0) is 11.3 Å². The SMILES string of the molecule is c1cncc(OC2CC3COCC(C2)N3Cc2ccsc2)c1. The van der Waals surface area contributed by atoms with Gasteiger partial charge >= 0.3 is 0 Å². The minimum atomic E-state index is 0.266. The number of hydrogen-bond acceptors (Lipinski definition) is 5. The molecule has 5 heteroatoms. The fourth-order valence-electron chi connectivity index (χ4n) is 3.50. The first-order valence-corrected chi connectivity index (χ1v) is 8.74. The largest absolute Gasteiger partial charge is 0.489 e. The van der Waals surface area contributed by atoms with E-state index in [-0.39, 0.29) is 6.10 Å². The lowest BCUT2D eigenvalue weighted by Gasteiger charge is -2.48. The van der Waals surface area contributed by atoms with E-state index in [1.54, 1.807) is 23.7 Å². The number of piperidine rings is 1. The third-order valence-electron chi connectivity index (χ3n) is 4.51. The Labute approximate surface area is 134 Å². The van der Waals surface area contributed by atoms with Crippen molar-refractivity contribution >= 4 is 11.3 Å². The summed E-state index contributed by atoms with van der Waals surface area (Å²) < 4.78 is 11.9. The van der Waals surface area contributed by atoms with E-state index in [4.69, 9.17) is 9.47 Å². The highest BCUT2D eigenvalue weighted by atomic mass is 32.1. The second kappa shape index (κ2) is 6.36.